The highest BCUT2D eigenvalue weighted by Gasteiger charge is 2.12. The number of nitrogens with zero attached hydrogens (tertiary/aromatic N) is 1. The van der Waals surface area contributed by atoms with Gasteiger partial charge in [0.05, 0.1) is 0 Å². The second kappa shape index (κ2) is 9.04. The Morgan fingerprint density at radius 1 is 0.962 bits per heavy atom. The molecule has 0 radical (unpaired) electrons. The van der Waals surface area contributed by atoms with Gasteiger partial charge in [0.2, 0.25) is 0 Å². The minimum atomic E-state index is -0.244. The van der Waals surface area contributed by atoms with Crippen molar-refractivity contribution in [1.82, 2.24) is 4.90 Å². The van der Waals surface area contributed by atoms with Crippen LogP contribution in [0.25, 0.3) is 0 Å². The van der Waals surface area contributed by atoms with Crippen molar-refractivity contribution >= 4 is 17.5 Å². The van der Waals surface area contributed by atoms with Crippen molar-refractivity contribution in [2.75, 3.05) is 25.0 Å². The quantitative estimate of drug-likeness (QED) is 0.823. The molecule has 1 N–H and O–H groups in total. The van der Waals surface area contributed by atoms with Crippen LogP contribution in [0.5, 0.6) is 5.75 Å². The Balaban J connectivity index is 1.92. The van der Waals surface area contributed by atoms with Crippen LogP contribution in [-0.2, 0) is 4.79 Å². The molecule has 0 atom stereocenters. The van der Waals surface area contributed by atoms with E-state index in [2.05, 4.69) is 5.32 Å². The summed E-state index contributed by atoms with van der Waals surface area (Å²) in [4.78, 5) is 26.1. The number of amides is 2. The molecule has 5 nitrogen and oxygen atoms in total. The molecular formula is C21H26N2O3. The molecule has 0 unspecified atom stereocenters. The number of benzene rings is 2. The Labute approximate surface area is 155 Å². The maximum absolute atomic E-state index is 12.3. The van der Waals surface area contributed by atoms with Gasteiger partial charge in [0.25, 0.3) is 11.8 Å². The summed E-state index contributed by atoms with van der Waals surface area (Å²) in [7, 11) is 0. The van der Waals surface area contributed by atoms with Crippen molar-refractivity contribution in [3.8, 4) is 5.75 Å². The molecule has 0 saturated carbocycles. The fourth-order valence-electron chi connectivity index (χ4n) is 2.75. The maximum atomic E-state index is 12.3. The fraction of sp³-hybridized carbons (Fsp3) is 0.333. The Kier molecular flexibility index (Phi) is 6.78. The molecule has 0 heterocycles. The lowest BCUT2D eigenvalue weighted by Gasteiger charge is -2.18. The van der Waals surface area contributed by atoms with Gasteiger partial charge in [-0.2, -0.15) is 0 Å². The van der Waals surface area contributed by atoms with Crippen molar-refractivity contribution in [2.24, 2.45) is 0 Å². The van der Waals surface area contributed by atoms with Crippen LogP contribution in [0, 0.1) is 13.8 Å². The Morgan fingerprint density at radius 3 is 2.08 bits per heavy atom. The molecule has 0 fully saturated rings. The number of anilines is 1. The Hall–Kier alpha value is -2.82. The molecule has 0 saturated heterocycles. The average Bonchev–Trinajstić information content (AvgIpc) is 2.61. The maximum Gasteiger partial charge on any atom is 0.262 e. The third-order valence-corrected chi connectivity index (χ3v) is 4.03. The molecule has 2 rings (SSSR count). The fourth-order valence-corrected chi connectivity index (χ4v) is 2.75. The highest BCUT2D eigenvalue weighted by Crippen LogP contribution is 2.16. The van der Waals surface area contributed by atoms with E-state index >= 15 is 0 Å². The molecule has 2 amide bonds. The van der Waals surface area contributed by atoms with Gasteiger partial charge in [-0.1, -0.05) is 6.07 Å². The minimum absolute atomic E-state index is 0.00831. The monoisotopic (exact) mass is 354 g/mol. The standard InChI is InChI=1S/C21H26N2O3/c1-5-23(6-2)21(25)17-7-9-18(10-8-17)22-20(24)14-26-19-12-15(3)11-16(4)13-19/h7-13H,5-6,14H2,1-4H3,(H,22,24). The number of carbonyl (C=O) groups is 2. The second-order valence-electron chi connectivity index (χ2n) is 6.22. The summed E-state index contributed by atoms with van der Waals surface area (Å²) in [5.74, 6) is 0.427. The third-order valence-electron chi connectivity index (χ3n) is 4.03. The molecule has 5 heteroatoms. The lowest BCUT2D eigenvalue weighted by Crippen LogP contribution is -2.30. The van der Waals surface area contributed by atoms with Crippen LogP contribution in [0.2, 0.25) is 0 Å². The first-order valence-electron chi connectivity index (χ1n) is 8.83. The SMILES string of the molecule is CCN(CC)C(=O)c1ccc(NC(=O)COc2cc(C)cc(C)c2)cc1. The van der Waals surface area contributed by atoms with Crippen molar-refractivity contribution in [2.45, 2.75) is 27.7 Å². The molecule has 0 aromatic heterocycles. The zero-order valence-electron chi connectivity index (χ0n) is 15.8. The van der Waals surface area contributed by atoms with E-state index in [9.17, 15) is 9.59 Å². The zero-order chi connectivity index (χ0) is 19.1. The lowest BCUT2D eigenvalue weighted by atomic mass is 10.1. The van der Waals surface area contributed by atoms with Gasteiger partial charge in [0.1, 0.15) is 5.75 Å². The summed E-state index contributed by atoms with van der Waals surface area (Å²) in [6.45, 7) is 9.15. The topological polar surface area (TPSA) is 58.6 Å². The van der Waals surface area contributed by atoms with Crippen molar-refractivity contribution in [3.63, 3.8) is 0 Å². The van der Waals surface area contributed by atoms with E-state index in [-0.39, 0.29) is 18.4 Å². The largest absolute Gasteiger partial charge is 0.484 e. The van der Waals surface area contributed by atoms with E-state index in [1.165, 1.54) is 0 Å². The van der Waals surface area contributed by atoms with Gasteiger partial charge in [-0.05, 0) is 75.2 Å². The van der Waals surface area contributed by atoms with Gasteiger partial charge in [-0.15, -0.1) is 0 Å². The van der Waals surface area contributed by atoms with Crippen molar-refractivity contribution in [1.29, 1.82) is 0 Å². The van der Waals surface area contributed by atoms with Gasteiger partial charge in [0.15, 0.2) is 6.61 Å². The van der Waals surface area contributed by atoms with E-state index in [0.29, 0.717) is 30.1 Å². The van der Waals surface area contributed by atoms with Crippen LogP contribution in [0.3, 0.4) is 0 Å². The zero-order valence-corrected chi connectivity index (χ0v) is 15.8. The molecule has 26 heavy (non-hydrogen) atoms. The van der Waals surface area contributed by atoms with E-state index < -0.39 is 0 Å². The number of carbonyl (C=O) groups excluding carboxylic acids is 2. The second-order valence-corrected chi connectivity index (χ2v) is 6.22. The lowest BCUT2D eigenvalue weighted by molar-refractivity contribution is -0.118. The Bertz CT molecular complexity index is 745. The summed E-state index contributed by atoms with van der Waals surface area (Å²) in [5, 5.41) is 2.78. The van der Waals surface area contributed by atoms with E-state index in [0.717, 1.165) is 11.1 Å². The summed E-state index contributed by atoms with van der Waals surface area (Å²) in [6.07, 6.45) is 0. The summed E-state index contributed by atoms with van der Waals surface area (Å²) >= 11 is 0. The van der Waals surface area contributed by atoms with Gasteiger partial charge in [0, 0.05) is 24.3 Å². The predicted molar refractivity (Wildman–Crippen MR) is 104 cm³/mol. The van der Waals surface area contributed by atoms with Crippen LogP contribution in [0.15, 0.2) is 42.5 Å². The smallest absolute Gasteiger partial charge is 0.262 e. The summed E-state index contributed by atoms with van der Waals surface area (Å²) < 4.78 is 5.55. The van der Waals surface area contributed by atoms with Crippen molar-refractivity contribution in [3.05, 3.63) is 59.2 Å². The van der Waals surface area contributed by atoms with Gasteiger partial charge < -0.3 is 15.0 Å². The van der Waals surface area contributed by atoms with Gasteiger partial charge in [-0.3, -0.25) is 9.59 Å². The van der Waals surface area contributed by atoms with Crippen LogP contribution in [-0.4, -0.2) is 36.4 Å². The number of rotatable bonds is 7. The Morgan fingerprint density at radius 2 is 1.54 bits per heavy atom. The number of nitrogens with one attached hydrogen (secondary N) is 1. The molecule has 0 bridgehead atoms. The van der Waals surface area contributed by atoms with E-state index in [1.54, 1.807) is 29.2 Å². The number of ether oxygens (including phenoxy) is 1. The van der Waals surface area contributed by atoms with E-state index in [1.807, 2.05) is 45.9 Å². The average molecular weight is 354 g/mol. The number of aryl methyl sites for hydroxylation is 2. The summed E-state index contributed by atoms with van der Waals surface area (Å²) in [5.41, 5.74) is 3.43. The molecule has 0 aliphatic rings. The normalized spacial score (nSPS) is 10.3. The van der Waals surface area contributed by atoms with Gasteiger partial charge in [-0.25, -0.2) is 0 Å². The summed E-state index contributed by atoms with van der Waals surface area (Å²) in [6, 6.07) is 12.7. The number of hydrogen-bond acceptors (Lipinski definition) is 3. The van der Waals surface area contributed by atoms with Crippen LogP contribution in [0.1, 0.15) is 35.3 Å². The van der Waals surface area contributed by atoms with Gasteiger partial charge >= 0.3 is 0 Å². The molecule has 2 aromatic carbocycles. The van der Waals surface area contributed by atoms with Crippen LogP contribution < -0.4 is 10.1 Å². The van der Waals surface area contributed by atoms with Crippen LogP contribution >= 0.6 is 0 Å². The first-order chi connectivity index (χ1) is 12.4. The molecular weight excluding hydrogens is 328 g/mol. The highest BCUT2D eigenvalue weighted by molar-refractivity contribution is 5.96. The first kappa shape index (κ1) is 19.5. The minimum Gasteiger partial charge on any atom is -0.484 e. The highest BCUT2D eigenvalue weighted by atomic mass is 16.5. The molecule has 2 aromatic rings. The molecule has 138 valence electrons. The van der Waals surface area contributed by atoms with E-state index in [4.69, 9.17) is 4.74 Å². The van der Waals surface area contributed by atoms with Crippen molar-refractivity contribution < 1.29 is 14.3 Å². The first-order valence-corrected chi connectivity index (χ1v) is 8.83. The molecule has 0 aliphatic carbocycles. The number of hydrogen-bond donors (Lipinski definition) is 1. The van der Waals surface area contributed by atoms with Crippen LogP contribution in [0.4, 0.5) is 5.69 Å². The third kappa shape index (κ3) is 5.34. The predicted octanol–water partition coefficient (Wildman–Crippen LogP) is 3.80. The molecule has 0 spiro atoms. The molecule has 0 aliphatic heterocycles.